The highest BCUT2D eigenvalue weighted by Gasteiger charge is 2.40. The summed E-state index contributed by atoms with van der Waals surface area (Å²) in [4.78, 5) is 10.3. The van der Waals surface area contributed by atoms with Gasteiger partial charge in [-0.1, -0.05) is 0 Å². The van der Waals surface area contributed by atoms with Gasteiger partial charge in [0, 0.05) is 0 Å². The number of nitrogens with two attached hydrogens (primary N) is 2. The fourth-order valence-electron chi connectivity index (χ4n) is 0.714. The molecule has 8 nitrogen and oxygen atoms in total. The first-order valence-corrected chi connectivity index (χ1v) is 3.16. The topological polar surface area (TPSA) is 173 Å². The second-order valence-electron chi connectivity index (χ2n) is 2.37. The average molecular weight is 186 g/mol. The van der Waals surface area contributed by atoms with E-state index in [0.717, 1.165) is 0 Å². The fourth-order valence-corrected chi connectivity index (χ4v) is 0.714. The van der Waals surface area contributed by atoms with Crippen molar-refractivity contribution >= 4 is 17.6 Å². The van der Waals surface area contributed by atoms with Crippen molar-refractivity contribution in [2.75, 3.05) is 0 Å². The van der Waals surface area contributed by atoms with Crippen molar-refractivity contribution in [2.24, 2.45) is 16.6 Å². The molecule has 0 rings (SSSR count). The molecule has 0 atom stereocenters. The second-order valence-corrected chi connectivity index (χ2v) is 2.37. The van der Waals surface area contributed by atoms with Crippen molar-refractivity contribution in [3.8, 4) is 0 Å². The minimum Gasteiger partial charge on any atom is -0.481 e. The molecule has 0 aliphatic heterocycles. The van der Waals surface area contributed by atoms with E-state index in [1.54, 1.807) is 0 Å². The summed E-state index contributed by atoms with van der Waals surface area (Å²) < 4.78 is 0. The van der Waals surface area contributed by atoms with Gasteiger partial charge >= 0.3 is 5.97 Å². The van der Waals surface area contributed by atoms with Gasteiger partial charge in [0.15, 0.2) is 0 Å². The third kappa shape index (κ3) is 1.98. The van der Waals surface area contributed by atoms with Gasteiger partial charge in [0.2, 0.25) is 5.54 Å². The molecule has 8 heteroatoms. The highest BCUT2D eigenvalue weighted by atomic mass is 16.4. The van der Waals surface area contributed by atoms with E-state index in [1.165, 1.54) is 0 Å². The first-order chi connectivity index (χ1) is 5.86. The monoisotopic (exact) mass is 186 g/mol. The molecular formula is C5H10N6O2. The molecule has 0 radical (unpaired) electrons. The van der Waals surface area contributed by atoms with Gasteiger partial charge in [-0.2, -0.15) is 5.11 Å². The van der Waals surface area contributed by atoms with E-state index >= 15 is 0 Å². The number of amidine groups is 2. The zero-order valence-corrected chi connectivity index (χ0v) is 6.66. The maximum atomic E-state index is 10.3. The average Bonchev–Trinajstić information content (AvgIpc) is 1.98. The molecule has 0 saturated carbocycles. The Kier molecular flexibility index (Phi) is 3.05. The van der Waals surface area contributed by atoms with Gasteiger partial charge in [-0.3, -0.25) is 15.6 Å². The summed E-state index contributed by atoms with van der Waals surface area (Å²) in [6.07, 6.45) is -0.763. The number of nitrogens with one attached hydrogen (secondary N) is 3. The molecular weight excluding hydrogens is 176 g/mol. The highest BCUT2D eigenvalue weighted by molar-refractivity contribution is 6.13. The molecule has 13 heavy (non-hydrogen) atoms. The van der Waals surface area contributed by atoms with Crippen LogP contribution in [-0.2, 0) is 4.79 Å². The number of carboxylic acid groups (broad SMARTS) is 1. The highest BCUT2D eigenvalue weighted by Crippen LogP contribution is 2.15. The Balaban J connectivity index is 5.10. The Morgan fingerprint density at radius 1 is 1.38 bits per heavy atom. The Morgan fingerprint density at radius 3 is 1.85 bits per heavy atom. The maximum Gasteiger partial charge on any atom is 0.306 e. The molecule has 0 spiro atoms. The van der Waals surface area contributed by atoms with Gasteiger partial charge < -0.3 is 16.6 Å². The number of hydrogen-bond donors (Lipinski definition) is 6. The minimum absolute atomic E-state index is 0.725. The second kappa shape index (κ2) is 3.61. The molecule has 0 aliphatic rings. The van der Waals surface area contributed by atoms with Crippen LogP contribution in [0.5, 0.6) is 0 Å². The van der Waals surface area contributed by atoms with Crippen LogP contribution in [0.25, 0.3) is 0 Å². The van der Waals surface area contributed by atoms with Crippen molar-refractivity contribution < 1.29 is 9.90 Å². The lowest BCUT2D eigenvalue weighted by Gasteiger charge is -2.22. The van der Waals surface area contributed by atoms with Gasteiger partial charge in [0.25, 0.3) is 0 Å². The first kappa shape index (κ1) is 11.0. The minimum atomic E-state index is -2.02. The van der Waals surface area contributed by atoms with Crippen molar-refractivity contribution in [1.29, 1.82) is 16.3 Å². The summed E-state index contributed by atoms with van der Waals surface area (Å²) >= 11 is 0. The summed E-state index contributed by atoms with van der Waals surface area (Å²) in [5.41, 5.74) is 14.7. The van der Waals surface area contributed by atoms with Crippen LogP contribution >= 0.6 is 0 Å². The van der Waals surface area contributed by atoms with E-state index in [-0.39, 0.29) is 0 Å². The lowest BCUT2D eigenvalue weighted by atomic mass is 9.94. The van der Waals surface area contributed by atoms with E-state index < -0.39 is 29.6 Å². The third-order valence-corrected chi connectivity index (χ3v) is 1.49. The summed E-state index contributed by atoms with van der Waals surface area (Å²) in [5.74, 6) is -2.78. The van der Waals surface area contributed by atoms with Crippen LogP contribution in [0.1, 0.15) is 6.42 Å². The van der Waals surface area contributed by atoms with E-state index in [2.05, 4.69) is 5.11 Å². The molecule has 0 saturated heterocycles. The molecule has 0 aromatic heterocycles. The van der Waals surface area contributed by atoms with E-state index in [9.17, 15) is 4.79 Å². The predicted octanol–water partition coefficient (Wildman–Crippen LogP) is -0.897. The van der Waals surface area contributed by atoms with Crippen molar-refractivity contribution in [3.05, 3.63) is 0 Å². The SMILES string of the molecule is N=NC(CC(=O)O)(C(=N)N)C(=N)N. The summed E-state index contributed by atoms with van der Waals surface area (Å²) in [7, 11) is 0. The van der Waals surface area contributed by atoms with Crippen molar-refractivity contribution in [2.45, 2.75) is 12.0 Å². The standard InChI is InChI=1S/C5H10N6O2/c6-3(7)5(11-10,4(8)9)1-2(12)13/h10H,1H2,(H3,6,7)(H3,8,9)(H,12,13). The van der Waals surface area contributed by atoms with E-state index in [4.69, 9.17) is 32.9 Å². The van der Waals surface area contributed by atoms with Gasteiger partial charge in [-0.15, -0.1) is 0 Å². The van der Waals surface area contributed by atoms with Gasteiger partial charge in [-0.05, 0) is 0 Å². The van der Waals surface area contributed by atoms with Crippen LogP contribution in [0.3, 0.4) is 0 Å². The van der Waals surface area contributed by atoms with Crippen LogP contribution in [0.2, 0.25) is 0 Å². The molecule has 0 fully saturated rings. The van der Waals surface area contributed by atoms with Gasteiger partial charge in [0.1, 0.15) is 11.7 Å². The molecule has 0 heterocycles. The smallest absolute Gasteiger partial charge is 0.306 e. The third-order valence-electron chi connectivity index (χ3n) is 1.49. The Bertz CT molecular complexity index is 258. The first-order valence-electron chi connectivity index (χ1n) is 3.16. The Morgan fingerprint density at radius 2 is 1.77 bits per heavy atom. The number of aliphatic carboxylic acids is 1. The van der Waals surface area contributed by atoms with Gasteiger partial charge in [0.05, 0.1) is 6.42 Å². The quantitative estimate of drug-likeness (QED) is 0.185. The molecule has 0 aromatic rings. The van der Waals surface area contributed by atoms with Crippen LogP contribution in [0, 0.1) is 16.3 Å². The van der Waals surface area contributed by atoms with Crippen molar-refractivity contribution in [3.63, 3.8) is 0 Å². The van der Waals surface area contributed by atoms with E-state index in [1.807, 2.05) is 0 Å². The van der Waals surface area contributed by atoms with Crippen molar-refractivity contribution in [1.82, 2.24) is 0 Å². The summed E-state index contributed by atoms with van der Waals surface area (Å²) in [6.45, 7) is 0. The zero-order valence-electron chi connectivity index (χ0n) is 6.66. The van der Waals surface area contributed by atoms with E-state index in [0.29, 0.717) is 0 Å². The van der Waals surface area contributed by atoms with Crippen LogP contribution in [0.15, 0.2) is 5.11 Å². The largest absolute Gasteiger partial charge is 0.481 e. The molecule has 0 unspecified atom stereocenters. The molecule has 0 aromatic carbocycles. The maximum absolute atomic E-state index is 10.3. The molecule has 0 bridgehead atoms. The zero-order chi connectivity index (χ0) is 10.6. The molecule has 0 amide bonds. The van der Waals surface area contributed by atoms with Crippen LogP contribution in [0.4, 0.5) is 0 Å². The van der Waals surface area contributed by atoms with Crippen LogP contribution < -0.4 is 11.5 Å². The lowest BCUT2D eigenvalue weighted by Crippen LogP contribution is -2.53. The fraction of sp³-hybridized carbons (Fsp3) is 0.400. The predicted molar refractivity (Wildman–Crippen MR) is 44.0 cm³/mol. The number of carboxylic acids is 1. The van der Waals surface area contributed by atoms with Gasteiger partial charge in [-0.25, -0.2) is 5.53 Å². The number of carbonyl (C=O) groups is 1. The lowest BCUT2D eigenvalue weighted by molar-refractivity contribution is -0.137. The number of rotatable bonds is 5. The summed E-state index contributed by atoms with van der Waals surface area (Å²) in [5, 5.41) is 25.3. The Labute approximate surface area is 73.4 Å². The van der Waals surface area contributed by atoms with Crippen LogP contribution in [-0.4, -0.2) is 28.3 Å². The molecule has 8 N–H and O–H groups in total. The normalized spacial score (nSPS) is 14.2. The number of nitrogens with zero attached hydrogens (tertiary/aromatic N) is 1. The Hall–Kier alpha value is -1.99. The molecule has 72 valence electrons. The molecule has 0 aliphatic carbocycles. The number of hydrogen-bond acceptors (Lipinski definition) is 5. The summed E-state index contributed by atoms with van der Waals surface area (Å²) in [6, 6.07) is 0.